The van der Waals surface area contributed by atoms with E-state index in [1.807, 2.05) is 24.3 Å². The van der Waals surface area contributed by atoms with Crippen LogP contribution in [0.2, 0.25) is 0 Å². The minimum atomic E-state index is 0. The van der Waals surface area contributed by atoms with Gasteiger partial charge < -0.3 is 10.6 Å². The van der Waals surface area contributed by atoms with Crippen molar-refractivity contribution in [1.82, 2.24) is 25.4 Å². The van der Waals surface area contributed by atoms with E-state index in [2.05, 4.69) is 20.7 Å². The standard InChI is InChI=1S/C17H21N5O.2ClH/c23-16(15-9-17(15)5-7-18-8-6-17)20-10-13-1-3-14(4-2-13)22-12-19-11-21-22;;/h1-4,11-12,15,18H,5-10H2,(H,20,23);2*1H. The molecule has 1 unspecified atom stereocenters. The molecule has 0 bridgehead atoms. The number of halogens is 2. The summed E-state index contributed by atoms with van der Waals surface area (Å²) in [5.41, 5.74) is 2.36. The Hall–Kier alpha value is -1.63. The van der Waals surface area contributed by atoms with Gasteiger partial charge in [0.1, 0.15) is 12.7 Å². The zero-order valence-corrected chi connectivity index (χ0v) is 15.5. The lowest BCUT2D eigenvalue weighted by molar-refractivity contribution is -0.123. The maximum absolute atomic E-state index is 12.4. The van der Waals surface area contributed by atoms with Crippen LogP contribution in [0.5, 0.6) is 0 Å². The molecule has 1 saturated heterocycles. The second-order valence-electron chi connectivity index (χ2n) is 6.59. The van der Waals surface area contributed by atoms with Gasteiger partial charge >= 0.3 is 0 Å². The molecule has 2 heterocycles. The van der Waals surface area contributed by atoms with Crippen LogP contribution in [-0.4, -0.2) is 33.8 Å². The largest absolute Gasteiger partial charge is 0.352 e. The summed E-state index contributed by atoms with van der Waals surface area (Å²) in [6.45, 7) is 2.68. The lowest BCUT2D eigenvalue weighted by Crippen LogP contribution is -2.33. The summed E-state index contributed by atoms with van der Waals surface area (Å²) in [6, 6.07) is 8.01. The van der Waals surface area contributed by atoms with E-state index in [0.29, 0.717) is 12.0 Å². The highest BCUT2D eigenvalue weighted by Gasteiger charge is 2.57. The Morgan fingerprint density at radius 3 is 2.60 bits per heavy atom. The number of carbonyl (C=O) groups excluding carboxylic acids is 1. The highest BCUT2D eigenvalue weighted by molar-refractivity contribution is 5.85. The van der Waals surface area contributed by atoms with Crippen LogP contribution < -0.4 is 10.6 Å². The van der Waals surface area contributed by atoms with Gasteiger partial charge in [0.2, 0.25) is 5.91 Å². The van der Waals surface area contributed by atoms with Crippen molar-refractivity contribution in [2.75, 3.05) is 13.1 Å². The highest BCUT2D eigenvalue weighted by atomic mass is 35.5. The third-order valence-electron chi connectivity index (χ3n) is 5.19. The van der Waals surface area contributed by atoms with Crippen molar-refractivity contribution in [2.24, 2.45) is 11.3 Å². The second-order valence-corrected chi connectivity index (χ2v) is 6.59. The lowest BCUT2D eigenvalue weighted by Gasteiger charge is -2.23. The molecule has 25 heavy (non-hydrogen) atoms. The quantitative estimate of drug-likeness (QED) is 0.847. The number of hydrogen-bond acceptors (Lipinski definition) is 4. The smallest absolute Gasteiger partial charge is 0.223 e. The van der Waals surface area contributed by atoms with Gasteiger partial charge in [-0.1, -0.05) is 12.1 Å². The Bertz CT molecular complexity index is 684. The number of rotatable bonds is 4. The van der Waals surface area contributed by atoms with E-state index in [0.717, 1.165) is 43.6 Å². The van der Waals surface area contributed by atoms with Crippen LogP contribution in [0.3, 0.4) is 0 Å². The first kappa shape index (κ1) is 19.7. The lowest BCUT2D eigenvalue weighted by atomic mass is 9.92. The molecule has 1 saturated carbocycles. The van der Waals surface area contributed by atoms with Gasteiger partial charge in [0.15, 0.2) is 0 Å². The summed E-state index contributed by atoms with van der Waals surface area (Å²) < 4.78 is 1.72. The monoisotopic (exact) mass is 383 g/mol. The molecule has 136 valence electrons. The topological polar surface area (TPSA) is 71.8 Å². The number of benzene rings is 1. The summed E-state index contributed by atoms with van der Waals surface area (Å²) >= 11 is 0. The predicted octanol–water partition coefficient (Wildman–Crippen LogP) is 2.12. The fraction of sp³-hybridized carbons (Fsp3) is 0.471. The summed E-state index contributed by atoms with van der Waals surface area (Å²) in [6.07, 6.45) is 6.52. The number of nitrogens with zero attached hydrogens (tertiary/aromatic N) is 3. The van der Waals surface area contributed by atoms with Crippen LogP contribution in [0.15, 0.2) is 36.9 Å². The summed E-state index contributed by atoms with van der Waals surface area (Å²) in [7, 11) is 0. The van der Waals surface area contributed by atoms with Gasteiger partial charge in [-0.25, -0.2) is 9.67 Å². The van der Waals surface area contributed by atoms with Crippen molar-refractivity contribution in [2.45, 2.75) is 25.8 Å². The van der Waals surface area contributed by atoms with E-state index in [4.69, 9.17) is 0 Å². The van der Waals surface area contributed by atoms with Crippen molar-refractivity contribution in [3.8, 4) is 5.69 Å². The summed E-state index contributed by atoms with van der Waals surface area (Å²) in [4.78, 5) is 16.3. The van der Waals surface area contributed by atoms with Gasteiger partial charge in [0, 0.05) is 12.5 Å². The molecule has 8 heteroatoms. The Labute approximate surface area is 159 Å². The molecule has 1 atom stereocenters. The van der Waals surface area contributed by atoms with Crippen LogP contribution in [0.1, 0.15) is 24.8 Å². The maximum Gasteiger partial charge on any atom is 0.223 e. The number of aromatic nitrogens is 3. The predicted molar refractivity (Wildman–Crippen MR) is 100 cm³/mol. The van der Waals surface area contributed by atoms with E-state index in [1.165, 1.54) is 6.33 Å². The molecule has 1 aliphatic carbocycles. The minimum absolute atomic E-state index is 0. The van der Waals surface area contributed by atoms with Crippen molar-refractivity contribution >= 4 is 30.7 Å². The molecular formula is C17H23Cl2N5O. The molecule has 6 nitrogen and oxygen atoms in total. The van der Waals surface area contributed by atoms with Gasteiger partial charge in [-0.3, -0.25) is 4.79 Å². The van der Waals surface area contributed by atoms with E-state index in [-0.39, 0.29) is 36.6 Å². The molecule has 1 aromatic carbocycles. The zero-order valence-electron chi connectivity index (χ0n) is 13.9. The fourth-order valence-corrected chi connectivity index (χ4v) is 3.62. The molecule has 2 N–H and O–H groups in total. The van der Waals surface area contributed by atoms with Crippen LogP contribution >= 0.6 is 24.8 Å². The minimum Gasteiger partial charge on any atom is -0.352 e. The number of carbonyl (C=O) groups is 1. The number of amides is 1. The Balaban J connectivity index is 0.00000113. The van der Waals surface area contributed by atoms with E-state index in [1.54, 1.807) is 11.0 Å². The molecule has 2 aliphatic rings. The van der Waals surface area contributed by atoms with Crippen molar-refractivity contribution in [3.05, 3.63) is 42.5 Å². The normalized spacial score (nSPS) is 20.2. The third-order valence-corrected chi connectivity index (χ3v) is 5.19. The molecule has 1 spiro atoms. The molecule has 1 amide bonds. The number of hydrogen-bond donors (Lipinski definition) is 2. The first-order valence-electron chi connectivity index (χ1n) is 8.19. The van der Waals surface area contributed by atoms with Crippen LogP contribution in [0.4, 0.5) is 0 Å². The Morgan fingerprint density at radius 1 is 1.24 bits per heavy atom. The van der Waals surface area contributed by atoms with Crippen LogP contribution in [0, 0.1) is 11.3 Å². The molecule has 0 radical (unpaired) electrons. The van der Waals surface area contributed by atoms with Crippen molar-refractivity contribution in [1.29, 1.82) is 0 Å². The van der Waals surface area contributed by atoms with Gasteiger partial charge in [-0.05, 0) is 55.5 Å². The van der Waals surface area contributed by atoms with E-state index < -0.39 is 0 Å². The third kappa shape index (κ3) is 4.14. The first-order chi connectivity index (χ1) is 11.3. The first-order valence-corrected chi connectivity index (χ1v) is 8.19. The maximum atomic E-state index is 12.4. The van der Waals surface area contributed by atoms with Gasteiger partial charge in [-0.2, -0.15) is 5.10 Å². The summed E-state index contributed by atoms with van der Waals surface area (Å²) in [5.74, 6) is 0.436. The molecule has 2 aromatic rings. The van der Waals surface area contributed by atoms with Crippen molar-refractivity contribution in [3.63, 3.8) is 0 Å². The average Bonchev–Trinajstić information content (AvgIpc) is 3.03. The second kappa shape index (κ2) is 8.17. The molecular weight excluding hydrogens is 361 g/mol. The van der Waals surface area contributed by atoms with Gasteiger partial charge in [0.05, 0.1) is 5.69 Å². The SMILES string of the molecule is Cl.Cl.O=C(NCc1ccc(-n2cncn2)cc1)C1CC12CCNCC2. The summed E-state index contributed by atoms with van der Waals surface area (Å²) in [5, 5.41) is 10.6. The van der Waals surface area contributed by atoms with Crippen LogP contribution in [-0.2, 0) is 11.3 Å². The molecule has 1 aliphatic heterocycles. The van der Waals surface area contributed by atoms with Crippen molar-refractivity contribution < 1.29 is 4.79 Å². The highest BCUT2D eigenvalue weighted by Crippen LogP contribution is 2.58. The number of nitrogens with one attached hydrogen (secondary N) is 2. The molecule has 4 rings (SSSR count). The van der Waals surface area contributed by atoms with Crippen LogP contribution in [0.25, 0.3) is 5.69 Å². The molecule has 2 fully saturated rings. The fourth-order valence-electron chi connectivity index (χ4n) is 3.62. The van der Waals surface area contributed by atoms with Gasteiger partial charge in [0.25, 0.3) is 0 Å². The van der Waals surface area contributed by atoms with E-state index in [9.17, 15) is 4.79 Å². The van der Waals surface area contributed by atoms with Gasteiger partial charge in [-0.15, -0.1) is 24.8 Å². The zero-order chi connectivity index (χ0) is 15.7. The molecule has 1 aromatic heterocycles. The Morgan fingerprint density at radius 2 is 1.96 bits per heavy atom. The number of piperidine rings is 1. The van der Waals surface area contributed by atoms with E-state index >= 15 is 0 Å². The Kier molecular flexibility index (Phi) is 6.43. The average molecular weight is 384 g/mol.